The molecule has 208 valence electrons. The van der Waals surface area contributed by atoms with Gasteiger partial charge in [-0.15, -0.1) is 0 Å². The molecule has 5 nitrogen and oxygen atoms in total. The number of halogens is 2. The van der Waals surface area contributed by atoms with Gasteiger partial charge in [-0.25, -0.2) is 0 Å². The molecular weight excluding hydrogens is 702 g/mol. The number of quaternary nitrogens is 2. The molecule has 2 fully saturated rings. The van der Waals surface area contributed by atoms with Crippen LogP contribution >= 0.6 is 0 Å². The fourth-order valence-electron chi connectivity index (χ4n) is 7.19. The molecule has 38 heavy (non-hydrogen) atoms. The van der Waals surface area contributed by atoms with Crippen molar-refractivity contribution in [3.05, 3.63) is 58.7 Å². The molecule has 6 rings (SSSR count). The Morgan fingerprint density at radius 2 is 1.08 bits per heavy atom. The summed E-state index contributed by atoms with van der Waals surface area (Å²) in [7, 11) is 4.74. The molecule has 0 saturated carbocycles. The molecule has 0 radical (unpaired) electrons. The first-order chi connectivity index (χ1) is 17.4. The van der Waals surface area contributed by atoms with Crippen molar-refractivity contribution < 1.29 is 71.2 Å². The zero-order chi connectivity index (χ0) is 24.8. The molecule has 0 amide bonds. The Morgan fingerprint density at radius 1 is 0.684 bits per heavy atom. The summed E-state index contributed by atoms with van der Waals surface area (Å²) in [6.45, 7) is 7.12. The van der Waals surface area contributed by atoms with Crippen LogP contribution in [0.1, 0.15) is 65.6 Å². The third-order valence-corrected chi connectivity index (χ3v) is 9.21. The average molecular weight is 744 g/mol. The molecule has 0 aliphatic carbocycles. The highest BCUT2D eigenvalue weighted by Crippen LogP contribution is 2.34. The van der Waals surface area contributed by atoms with Crippen LogP contribution in [-0.4, -0.2) is 80.3 Å². The first-order valence-corrected chi connectivity index (χ1v) is 14.2. The standard InChI is InChI=1S/C31H42N2O3.2HI/c1-32(13-5-3-6-14-32)21-27-19-25-17-23(9-11-29(25)35-27)31(34)24-10-12-30-26(18-24)20-28(36-30)22-33(2)15-7-4-8-16-33;;/h9-12,17-18,27-28H,3-8,13-16,19-22H2,1-2H3;2*1H/q+2;;/p-2. The summed E-state index contributed by atoms with van der Waals surface area (Å²) < 4.78 is 14.8. The van der Waals surface area contributed by atoms with Gasteiger partial charge in [-0.1, -0.05) is 0 Å². The summed E-state index contributed by atoms with van der Waals surface area (Å²) in [5.41, 5.74) is 3.88. The predicted octanol–water partition coefficient (Wildman–Crippen LogP) is -1.21. The normalized spacial score (nSPS) is 24.6. The first kappa shape index (κ1) is 30.1. The first-order valence-electron chi connectivity index (χ1n) is 14.2. The maximum Gasteiger partial charge on any atom is 0.193 e. The topological polar surface area (TPSA) is 35.5 Å². The van der Waals surface area contributed by atoms with E-state index in [9.17, 15) is 4.79 Å². The van der Waals surface area contributed by atoms with E-state index in [0.29, 0.717) is 0 Å². The molecule has 2 atom stereocenters. The van der Waals surface area contributed by atoms with Gasteiger partial charge >= 0.3 is 0 Å². The molecule has 7 heteroatoms. The third kappa shape index (κ3) is 6.52. The van der Waals surface area contributed by atoms with Crippen LogP contribution in [-0.2, 0) is 12.8 Å². The number of likely N-dealkylation sites (tertiary alicyclic amines) is 2. The molecular formula is C31H42I2N2O3. The number of benzene rings is 2. The summed E-state index contributed by atoms with van der Waals surface area (Å²) in [6, 6.07) is 12.0. The number of hydrogen-bond acceptors (Lipinski definition) is 3. The van der Waals surface area contributed by atoms with Crippen LogP contribution in [0.15, 0.2) is 36.4 Å². The lowest BCUT2D eigenvalue weighted by atomic mass is 9.97. The minimum Gasteiger partial charge on any atom is -1.00 e. The van der Waals surface area contributed by atoms with E-state index >= 15 is 0 Å². The average Bonchev–Trinajstić information content (AvgIpc) is 3.45. The number of carbonyl (C=O) groups excluding carboxylic acids is 1. The van der Waals surface area contributed by atoms with E-state index in [0.717, 1.165) is 57.5 Å². The lowest BCUT2D eigenvalue weighted by molar-refractivity contribution is -0.916. The van der Waals surface area contributed by atoms with Gasteiger partial charge in [0.25, 0.3) is 0 Å². The van der Waals surface area contributed by atoms with E-state index in [4.69, 9.17) is 9.47 Å². The second-order valence-electron chi connectivity index (χ2n) is 12.5. The third-order valence-electron chi connectivity index (χ3n) is 9.21. The van der Waals surface area contributed by atoms with Crippen LogP contribution in [0.3, 0.4) is 0 Å². The predicted molar refractivity (Wildman–Crippen MR) is 142 cm³/mol. The Balaban J connectivity index is 0.00000168. The molecule has 2 aromatic rings. The zero-order valence-electron chi connectivity index (χ0n) is 22.9. The largest absolute Gasteiger partial charge is 1.00 e. The Morgan fingerprint density at radius 3 is 1.47 bits per heavy atom. The Kier molecular flexibility index (Phi) is 9.73. The second-order valence-corrected chi connectivity index (χ2v) is 12.5. The Labute approximate surface area is 262 Å². The smallest absolute Gasteiger partial charge is 0.193 e. The molecule has 4 aliphatic rings. The van der Waals surface area contributed by atoms with Crippen LogP contribution in [0.2, 0.25) is 0 Å². The SMILES string of the molecule is C[N+]1(CC2Cc3cc(C(=O)c4ccc5c(c4)CC(C[N+]4(C)CCCCC4)O5)ccc3O2)CCCCC1.[I-].[I-]. The van der Waals surface area contributed by atoms with E-state index in [1.165, 1.54) is 75.8 Å². The highest BCUT2D eigenvalue weighted by Gasteiger charge is 2.35. The quantitative estimate of drug-likeness (QED) is 0.212. The van der Waals surface area contributed by atoms with E-state index in [2.05, 4.69) is 26.2 Å². The van der Waals surface area contributed by atoms with E-state index in [1.54, 1.807) is 0 Å². The zero-order valence-corrected chi connectivity index (χ0v) is 27.2. The number of piperidine rings is 2. The van der Waals surface area contributed by atoms with Gasteiger partial charge in [0, 0.05) is 24.0 Å². The van der Waals surface area contributed by atoms with Gasteiger partial charge in [0.2, 0.25) is 0 Å². The number of hydrogen-bond donors (Lipinski definition) is 0. The van der Waals surface area contributed by atoms with Crippen LogP contribution < -0.4 is 57.4 Å². The van der Waals surface area contributed by atoms with Gasteiger partial charge in [0.1, 0.15) is 24.6 Å². The maximum absolute atomic E-state index is 13.5. The summed E-state index contributed by atoms with van der Waals surface area (Å²) in [5, 5.41) is 0. The van der Waals surface area contributed by atoms with Crippen molar-refractivity contribution in [1.29, 1.82) is 0 Å². The highest BCUT2D eigenvalue weighted by atomic mass is 127. The molecule has 0 bridgehead atoms. The Hall–Kier alpha value is -0.910. The fourth-order valence-corrected chi connectivity index (χ4v) is 7.19. The van der Waals surface area contributed by atoms with Gasteiger partial charge in [0.15, 0.2) is 18.0 Å². The van der Waals surface area contributed by atoms with Gasteiger partial charge in [0.05, 0.1) is 40.3 Å². The van der Waals surface area contributed by atoms with E-state index in [-0.39, 0.29) is 65.9 Å². The number of rotatable bonds is 6. The number of ether oxygens (including phenoxy) is 2. The molecule has 0 spiro atoms. The number of nitrogens with zero attached hydrogens (tertiary/aromatic N) is 2. The van der Waals surface area contributed by atoms with Crippen molar-refractivity contribution in [3.8, 4) is 11.5 Å². The van der Waals surface area contributed by atoms with Crippen LogP contribution in [0, 0.1) is 0 Å². The van der Waals surface area contributed by atoms with Crippen molar-refractivity contribution in [2.75, 3.05) is 53.4 Å². The Bertz CT molecular complexity index is 1050. The van der Waals surface area contributed by atoms with Gasteiger partial charge in [-0.05, 0) is 86.1 Å². The van der Waals surface area contributed by atoms with Crippen molar-refractivity contribution >= 4 is 5.78 Å². The fraction of sp³-hybridized carbons (Fsp3) is 0.581. The summed E-state index contributed by atoms with van der Waals surface area (Å²) in [4.78, 5) is 13.5. The maximum atomic E-state index is 13.5. The van der Waals surface area contributed by atoms with Crippen molar-refractivity contribution in [3.63, 3.8) is 0 Å². The number of ketones is 1. The van der Waals surface area contributed by atoms with E-state index < -0.39 is 0 Å². The monoisotopic (exact) mass is 744 g/mol. The number of carbonyl (C=O) groups is 1. The highest BCUT2D eigenvalue weighted by molar-refractivity contribution is 6.09. The molecule has 2 aromatic carbocycles. The van der Waals surface area contributed by atoms with Crippen LogP contribution in [0.5, 0.6) is 11.5 Å². The van der Waals surface area contributed by atoms with Crippen molar-refractivity contribution in [2.45, 2.75) is 63.6 Å². The van der Waals surface area contributed by atoms with Crippen LogP contribution in [0.25, 0.3) is 0 Å². The van der Waals surface area contributed by atoms with Gasteiger partial charge < -0.3 is 66.4 Å². The van der Waals surface area contributed by atoms with E-state index in [1.807, 2.05) is 24.3 Å². The lowest BCUT2D eigenvalue weighted by Gasteiger charge is -2.39. The molecule has 4 aliphatic heterocycles. The minimum absolute atomic E-state index is 0. The molecule has 0 aromatic heterocycles. The molecule has 2 saturated heterocycles. The van der Waals surface area contributed by atoms with Crippen molar-refractivity contribution in [1.82, 2.24) is 0 Å². The van der Waals surface area contributed by atoms with Gasteiger partial charge in [-0.2, -0.15) is 0 Å². The number of likely N-dealkylation sites (N-methyl/N-ethyl adjacent to an activating group) is 2. The molecule has 2 unspecified atom stereocenters. The molecule has 0 N–H and O–H groups in total. The number of fused-ring (bicyclic) bond motifs is 2. The minimum atomic E-state index is 0. The lowest BCUT2D eigenvalue weighted by Crippen LogP contribution is -3.00. The summed E-state index contributed by atoms with van der Waals surface area (Å²) >= 11 is 0. The van der Waals surface area contributed by atoms with Crippen molar-refractivity contribution in [2.24, 2.45) is 0 Å². The molecule has 4 heterocycles. The summed E-state index contributed by atoms with van der Waals surface area (Å²) in [6.07, 6.45) is 10.2. The van der Waals surface area contributed by atoms with Gasteiger partial charge in [-0.3, -0.25) is 4.79 Å². The second kappa shape index (κ2) is 12.3. The van der Waals surface area contributed by atoms with Crippen LogP contribution in [0.4, 0.5) is 0 Å². The summed E-state index contributed by atoms with van der Waals surface area (Å²) in [5.74, 6) is 2.01.